The molecule has 0 N–H and O–H groups in total. The van der Waals surface area contributed by atoms with Crippen molar-refractivity contribution < 1.29 is 9.53 Å². The number of likely N-dealkylation sites (tertiary alicyclic amines) is 2. The van der Waals surface area contributed by atoms with E-state index in [1.54, 1.807) is 7.11 Å². The molecule has 0 radical (unpaired) electrons. The highest BCUT2D eigenvalue weighted by Gasteiger charge is 2.49. The summed E-state index contributed by atoms with van der Waals surface area (Å²) in [6.45, 7) is 4.11. The van der Waals surface area contributed by atoms with Gasteiger partial charge in [-0.15, -0.1) is 0 Å². The Morgan fingerprint density at radius 3 is 2.65 bits per heavy atom. The fourth-order valence-corrected chi connectivity index (χ4v) is 5.06. The third-order valence-electron chi connectivity index (χ3n) is 6.41. The van der Waals surface area contributed by atoms with Gasteiger partial charge in [0.05, 0.1) is 5.41 Å². The number of carbonyl (C=O) groups is 1. The molecule has 1 aromatic heterocycles. The first-order valence-corrected chi connectivity index (χ1v) is 10.0. The van der Waals surface area contributed by atoms with Crippen LogP contribution in [0.15, 0.2) is 12.4 Å². The number of methoxy groups -OCH3 is 1. The van der Waals surface area contributed by atoms with Gasteiger partial charge >= 0.3 is 0 Å². The number of nitrogens with zero attached hydrogens (tertiary/aromatic N) is 4. The molecule has 1 aliphatic carbocycles. The molecular formula is C20H30N4O2. The van der Waals surface area contributed by atoms with Gasteiger partial charge < -0.3 is 9.64 Å². The van der Waals surface area contributed by atoms with Crippen molar-refractivity contribution in [3.63, 3.8) is 0 Å². The number of hydrogen-bond donors (Lipinski definition) is 0. The van der Waals surface area contributed by atoms with Gasteiger partial charge in [-0.05, 0) is 38.6 Å². The predicted octanol–water partition coefficient (Wildman–Crippen LogP) is 2.38. The van der Waals surface area contributed by atoms with E-state index in [2.05, 4.69) is 19.8 Å². The predicted molar refractivity (Wildman–Crippen MR) is 98.3 cm³/mol. The van der Waals surface area contributed by atoms with E-state index in [1.807, 2.05) is 12.4 Å². The number of hydrogen-bond acceptors (Lipinski definition) is 5. The lowest BCUT2D eigenvalue weighted by Crippen LogP contribution is -2.53. The Balaban J connectivity index is 1.39. The monoisotopic (exact) mass is 358 g/mol. The van der Waals surface area contributed by atoms with Crippen LogP contribution in [0.1, 0.15) is 56.3 Å². The van der Waals surface area contributed by atoms with Crippen molar-refractivity contribution in [1.29, 1.82) is 0 Å². The highest BCUT2D eigenvalue weighted by Crippen LogP contribution is 2.42. The average Bonchev–Trinajstić information content (AvgIpc) is 3.31. The molecule has 1 aromatic rings. The van der Waals surface area contributed by atoms with Crippen LogP contribution in [0.2, 0.25) is 0 Å². The van der Waals surface area contributed by atoms with E-state index < -0.39 is 0 Å². The second-order valence-electron chi connectivity index (χ2n) is 8.22. The third-order valence-corrected chi connectivity index (χ3v) is 6.41. The summed E-state index contributed by atoms with van der Waals surface area (Å²) in [5, 5.41) is 0. The molecule has 2 saturated heterocycles. The van der Waals surface area contributed by atoms with Crippen LogP contribution in [-0.4, -0.2) is 58.5 Å². The number of rotatable bonds is 5. The van der Waals surface area contributed by atoms with Crippen molar-refractivity contribution in [2.75, 3.05) is 26.7 Å². The maximum atomic E-state index is 13.3. The number of ether oxygens (including phenoxy) is 1. The second kappa shape index (κ2) is 7.61. The van der Waals surface area contributed by atoms with Crippen LogP contribution in [0.4, 0.5) is 0 Å². The Bertz CT molecular complexity index is 629. The van der Waals surface area contributed by atoms with Gasteiger partial charge in [0.2, 0.25) is 5.91 Å². The summed E-state index contributed by atoms with van der Waals surface area (Å²) in [5.41, 5.74) is 0.968. The van der Waals surface area contributed by atoms with Gasteiger partial charge in [-0.2, -0.15) is 0 Å². The maximum Gasteiger partial charge on any atom is 0.230 e. The van der Waals surface area contributed by atoms with Gasteiger partial charge in [0.1, 0.15) is 6.61 Å². The molecule has 6 nitrogen and oxygen atoms in total. The summed E-state index contributed by atoms with van der Waals surface area (Å²) in [5.74, 6) is 1.15. The Morgan fingerprint density at radius 1 is 1.15 bits per heavy atom. The molecule has 4 rings (SSSR count). The minimum absolute atomic E-state index is 0.141. The second-order valence-corrected chi connectivity index (χ2v) is 8.22. The summed E-state index contributed by atoms with van der Waals surface area (Å²) in [6, 6.07) is 0.510. The van der Waals surface area contributed by atoms with Crippen molar-refractivity contribution in [2.24, 2.45) is 5.41 Å². The zero-order valence-corrected chi connectivity index (χ0v) is 15.8. The van der Waals surface area contributed by atoms with Crippen LogP contribution in [0.5, 0.6) is 0 Å². The van der Waals surface area contributed by atoms with Crippen LogP contribution >= 0.6 is 0 Å². The molecular weight excluding hydrogens is 328 g/mol. The Hall–Kier alpha value is -1.53. The molecule has 0 unspecified atom stereocenters. The Morgan fingerprint density at radius 2 is 1.92 bits per heavy atom. The zero-order chi connectivity index (χ0) is 18.0. The highest BCUT2D eigenvalue weighted by molar-refractivity contribution is 5.84. The van der Waals surface area contributed by atoms with Crippen LogP contribution in [-0.2, 0) is 22.7 Å². The fraction of sp³-hybridized carbons (Fsp3) is 0.750. The average molecular weight is 358 g/mol. The summed E-state index contributed by atoms with van der Waals surface area (Å²) in [7, 11) is 1.65. The molecule has 6 heteroatoms. The fourth-order valence-electron chi connectivity index (χ4n) is 5.06. The van der Waals surface area contributed by atoms with Gasteiger partial charge in [0.25, 0.3) is 0 Å². The van der Waals surface area contributed by atoms with Gasteiger partial charge in [0, 0.05) is 50.7 Å². The van der Waals surface area contributed by atoms with E-state index in [4.69, 9.17) is 4.74 Å². The summed E-state index contributed by atoms with van der Waals surface area (Å²) in [4.78, 5) is 26.7. The lowest BCUT2D eigenvalue weighted by atomic mass is 9.77. The number of amides is 1. The Kier molecular flexibility index (Phi) is 5.23. The normalized spacial score (nSPS) is 27.7. The Labute approximate surface area is 155 Å². The molecule has 142 valence electrons. The van der Waals surface area contributed by atoms with E-state index >= 15 is 0 Å². The van der Waals surface area contributed by atoms with Gasteiger partial charge in [-0.3, -0.25) is 9.69 Å². The molecule has 3 fully saturated rings. The summed E-state index contributed by atoms with van der Waals surface area (Å²) >= 11 is 0. The van der Waals surface area contributed by atoms with E-state index in [-0.39, 0.29) is 5.41 Å². The van der Waals surface area contributed by atoms with Crippen molar-refractivity contribution in [2.45, 2.75) is 64.1 Å². The van der Waals surface area contributed by atoms with E-state index in [9.17, 15) is 4.79 Å². The lowest BCUT2D eigenvalue weighted by Gasteiger charge is -2.42. The molecule has 0 aromatic carbocycles. The van der Waals surface area contributed by atoms with Gasteiger partial charge in [0.15, 0.2) is 5.82 Å². The van der Waals surface area contributed by atoms with Crippen LogP contribution in [0, 0.1) is 5.41 Å². The molecule has 1 atom stereocenters. The van der Waals surface area contributed by atoms with Gasteiger partial charge in [-0.25, -0.2) is 9.97 Å². The minimum atomic E-state index is -0.141. The van der Waals surface area contributed by atoms with E-state index in [1.165, 1.54) is 25.7 Å². The first-order chi connectivity index (χ1) is 12.7. The molecule has 0 bridgehead atoms. The smallest absolute Gasteiger partial charge is 0.230 e. The summed E-state index contributed by atoms with van der Waals surface area (Å²) < 4.78 is 5.06. The van der Waals surface area contributed by atoms with E-state index in [0.29, 0.717) is 24.4 Å². The lowest BCUT2D eigenvalue weighted by molar-refractivity contribution is -0.148. The first-order valence-electron chi connectivity index (χ1n) is 10.0. The SMILES string of the molecule is COCc1ncc(CN2CC[C@]3(CCCN(C4CCCC4)C3=O)C2)cn1. The molecule has 1 amide bonds. The molecule has 3 heterocycles. The molecule has 3 aliphatic rings. The van der Waals surface area contributed by atoms with Crippen molar-refractivity contribution >= 4 is 5.91 Å². The van der Waals surface area contributed by atoms with Crippen molar-refractivity contribution in [3.8, 4) is 0 Å². The topological polar surface area (TPSA) is 58.6 Å². The summed E-state index contributed by atoms with van der Waals surface area (Å²) in [6.07, 6.45) is 12.0. The number of aromatic nitrogens is 2. The molecule has 1 spiro atoms. The van der Waals surface area contributed by atoms with Crippen LogP contribution in [0.3, 0.4) is 0 Å². The molecule has 26 heavy (non-hydrogen) atoms. The minimum Gasteiger partial charge on any atom is -0.377 e. The van der Waals surface area contributed by atoms with Crippen molar-refractivity contribution in [1.82, 2.24) is 19.8 Å². The highest BCUT2D eigenvalue weighted by atomic mass is 16.5. The molecule has 2 aliphatic heterocycles. The van der Waals surface area contributed by atoms with Crippen LogP contribution in [0.25, 0.3) is 0 Å². The standard InChI is InChI=1S/C20H30N4O2/c1-26-14-18-21-11-16(12-22-18)13-23-10-8-20(15-23)7-4-9-24(19(20)25)17-5-2-3-6-17/h11-12,17H,2-10,13-15H2,1H3/t20-/m1/s1. The van der Waals surface area contributed by atoms with E-state index in [0.717, 1.165) is 51.0 Å². The largest absolute Gasteiger partial charge is 0.377 e. The number of piperidine rings is 1. The first kappa shape index (κ1) is 17.9. The van der Waals surface area contributed by atoms with Crippen molar-refractivity contribution in [3.05, 3.63) is 23.8 Å². The quantitative estimate of drug-likeness (QED) is 0.809. The third kappa shape index (κ3) is 3.49. The number of carbonyl (C=O) groups excluding carboxylic acids is 1. The zero-order valence-electron chi connectivity index (χ0n) is 15.8. The maximum absolute atomic E-state index is 13.3. The van der Waals surface area contributed by atoms with Gasteiger partial charge in [-0.1, -0.05) is 12.8 Å². The van der Waals surface area contributed by atoms with Crippen LogP contribution < -0.4 is 0 Å². The molecule has 1 saturated carbocycles.